The maximum Gasteiger partial charge on any atom is 0 e. The second-order valence-electron chi connectivity index (χ2n) is 7.96. The Bertz CT molecular complexity index is 560. The second kappa shape index (κ2) is 12.6. The van der Waals surface area contributed by atoms with Crippen LogP contribution in [0.5, 0.6) is 0 Å². The Kier molecular flexibility index (Phi) is 14.6. The van der Waals surface area contributed by atoms with Gasteiger partial charge in [-0.2, -0.15) is 0 Å². The summed E-state index contributed by atoms with van der Waals surface area (Å²) in [5, 5.41) is 0. The van der Waals surface area contributed by atoms with Crippen molar-refractivity contribution in [1.82, 2.24) is 6.15 Å². The summed E-state index contributed by atoms with van der Waals surface area (Å²) in [6, 6.07) is 4.44. The largest absolute Gasteiger partial charge is 0.344 e. The van der Waals surface area contributed by atoms with Gasteiger partial charge in [0.25, 0.3) is 0 Å². The smallest absolute Gasteiger partial charge is 0 e. The van der Waals surface area contributed by atoms with Crippen molar-refractivity contribution in [2.75, 3.05) is 0 Å². The normalized spacial score (nSPS) is 10.2. The number of allylic oxidation sites excluding steroid dienone is 2. The summed E-state index contributed by atoms with van der Waals surface area (Å²) in [4.78, 5) is 0. The number of hydrogen-bond acceptors (Lipinski definition) is 1. The first-order valence-corrected chi connectivity index (χ1v) is 8.82. The van der Waals surface area contributed by atoms with E-state index in [0.717, 1.165) is 17.9 Å². The van der Waals surface area contributed by atoms with Crippen LogP contribution in [-0.4, -0.2) is 0 Å². The fraction of sp³-hybridized carbons (Fsp3) is 0.565. The Morgan fingerprint density at radius 3 is 1.84 bits per heavy atom. The zero-order chi connectivity index (χ0) is 18.4. The molecule has 0 saturated carbocycles. The van der Waals surface area contributed by atoms with Crippen LogP contribution in [0.2, 0.25) is 0 Å². The first-order valence-electron chi connectivity index (χ1n) is 8.82. The molecule has 0 amide bonds. The molecule has 0 aromatic heterocycles. The molecule has 0 saturated heterocycles. The Balaban J connectivity index is -0.000000168. The van der Waals surface area contributed by atoms with Crippen molar-refractivity contribution in [1.29, 1.82) is 0 Å². The number of aryl methyl sites for hydroxylation is 3. The predicted octanol–water partition coefficient (Wildman–Crippen LogP) is 8.08. The van der Waals surface area contributed by atoms with Crippen molar-refractivity contribution in [3.63, 3.8) is 0 Å². The molecule has 145 valence electrons. The minimum Gasteiger partial charge on any atom is -0.344 e. The van der Waals surface area contributed by atoms with Crippen LogP contribution in [0.15, 0.2) is 30.9 Å². The number of rotatable bonds is 5. The Morgan fingerprint density at radius 2 is 1.48 bits per heavy atom. The topological polar surface area (TPSA) is 35.0 Å². The molecule has 1 radical (unpaired) electrons. The van der Waals surface area contributed by atoms with Gasteiger partial charge in [0.05, 0.1) is 0 Å². The van der Waals surface area contributed by atoms with Gasteiger partial charge in [-0.3, -0.25) is 0 Å². The number of benzene rings is 1. The van der Waals surface area contributed by atoms with Crippen molar-refractivity contribution in [3.05, 3.63) is 53.1 Å². The third-order valence-corrected chi connectivity index (χ3v) is 5.07. The molecule has 0 aliphatic rings. The molecule has 1 aromatic carbocycles. The van der Waals surface area contributed by atoms with Gasteiger partial charge in [0.1, 0.15) is 0 Å². The van der Waals surface area contributed by atoms with Crippen LogP contribution in [0.1, 0.15) is 78.1 Å². The van der Waals surface area contributed by atoms with Gasteiger partial charge in [-0.25, -0.2) is 0 Å². The molecule has 0 aliphatic heterocycles. The summed E-state index contributed by atoms with van der Waals surface area (Å²) in [7, 11) is 0. The maximum atomic E-state index is 4.04. The number of hydrogen-bond donors (Lipinski definition) is 1. The second-order valence-corrected chi connectivity index (χ2v) is 7.96. The average molecular weight is 385 g/mol. The fourth-order valence-electron chi connectivity index (χ4n) is 2.39. The molecule has 0 atom stereocenters. The van der Waals surface area contributed by atoms with E-state index in [1.165, 1.54) is 34.2 Å². The summed E-state index contributed by atoms with van der Waals surface area (Å²) < 4.78 is 0. The van der Waals surface area contributed by atoms with Gasteiger partial charge in [0.2, 0.25) is 0 Å². The van der Waals surface area contributed by atoms with E-state index in [-0.39, 0.29) is 26.1 Å². The van der Waals surface area contributed by atoms with E-state index in [2.05, 4.69) is 87.6 Å². The molecule has 0 unspecified atom stereocenters. The summed E-state index contributed by atoms with van der Waals surface area (Å²) in [6.07, 6.45) is 2.29. The van der Waals surface area contributed by atoms with Crippen molar-refractivity contribution < 1.29 is 20.0 Å². The molecular formula is C23H43NV. The van der Waals surface area contributed by atoms with Gasteiger partial charge in [-0.15, -0.1) is 0 Å². The molecule has 0 aliphatic carbocycles. The maximum absolute atomic E-state index is 4.04. The third-order valence-electron chi connectivity index (χ3n) is 5.07. The summed E-state index contributed by atoms with van der Waals surface area (Å²) >= 11 is 0. The van der Waals surface area contributed by atoms with Crippen LogP contribution in [0.4, 0.5) is 0 Å². The van der Waals surface area contributed by atoms with E-state index in [9.17, 15) is 0 Å². The van der Waals surface area contributed by atoms with Crippen LogP contribution in [0.25, 0.3) is 5.57 Å². The third kappa shape index (κ3) is 10.1. The molecule has 3 N–H and O–H groups in total. The predicted molar refractivity (Wildman–Crippen MR) is 115 cm³/mol. The van der Waals surface area contributed by atoms with Crippen molar-refractivity contribution >= 4 is 5.57 Å². The first-order chi connectivity index (χ1) is 10.4. The van der Waals surface area contributed by atoms with Crippen molar-refractivity contribution in [2.45, 2.75) is 75.2 Å². The zero-order valence-corrected chi connectivity index (χ0v) is 19.6. The quantitative estimate of drug-likeness (QED) is 0.512. The van der Waals surface area contributed by atoms with Gasteiger partial charge >= 0.3 is 0 Å². The molecule has 25 heavy (non-hydrogen) atoms. The molecular weight excluding hydrogens is 341 g/mol. The van der Waals surface area contributed by atoms with Crippen LogP contribution in [0, 0.1) is 32.1 Å². The fourth-order valence-corrected chi connectivity index (χ4v) is 2.39. The summed E-state index contributed by atoms with van der Waals surface area (Å²) in [5.74, 6) is 0.741. The van der Waals surface area contributed by atoms with E-state index < -0.39 is 0 Å². The molecule has 0 bridgehead atoms. The molecule has 1 rings (SSSR count). The molecule has 0 fully saturated rings. The standard InChI is InChI=1S/C12H16.C11H22.H3N.V.H2/c1-8(2)12-7-10(4)9(3)6-11(12)5;1-7-10(4)8-11(5,6)9(2)3;;;/h6-7H,1H2,2-5H3;9H,4,7-8H2,1-3,5-6H3;1H3;;1H. The minimum atomic E-state index is 0. The van der Waals surface area contributed by atoms with Crippen molar-refractivity contribution in [3.8, 4) is 0 Å². The minimum absolute atomic E-state index is 0. The van der Waals surface area contributed by atoms with E-state index in [4.69, 9.17) is 0 Å². The van der Waals surface area contributed by atoms with Crippen LogP contribution in [-0.2, 0) is 18.6 Å². The van der Waals surface area contributed by atoms with E-state index in [1.54, 1.807) is 0 Å². The van der Waals surface area contributed by atoms with Crippen LogP contribution >= 0.6 is 0 Å². The van der Waals surface area contributed by atoms with Crippen LogP contribution < -0.4 is 6.15 Å². The SMILES string of the molecule is C=C(C)c1cc(C)c(C)cc1C.C=C(CC)CC(C)(C)C(C)C.N.[HH].[V]. The average Bonchev–Trinajstić information content (AvgIpc) is 2.42. The molecule has 2 heteroatoms. The van der Waals surface area contributed by atoms with Gasteiger partial charge in [-0.05, 0) is 74.1 Å². The molecule has 0 heterocycles. The van der Waals surface area contributed by atoms with Crippen LogP contribution in [0.3, 0.4) is 0 Å². The van der Waals surface area contributed by atoms with Gasteiger partial charge in [-0.1, -0.05) is 71.1 Å². The molecule has 1 nitrogen and oxygen atoms in total. The van der Waals surface area contributed by atoms with Gasteiger partial charge in [0.15, 0.2) is 0 Å². The van der Waals surface area contributed by atoms with Gasteiger partial charge < -0.3 is 6.15 Å². The summed E-state index contributed by atoms with van der Waals surface area (Å²) in [6.45, 7) is 27.8. The van der Waals surface area contributed by atoms with E-state index >= 15 is 0 Å². The Labute approximate surface area is 171 Å². The first kappa shape index (κ1) is 29.0. The van der Waals surface area contributed by atoms with E-state index in [1.807, 2.05) is 0 Å². The zero-order valence-electron chi connectivity index (χ0n) is 18.2. The van der Waals surface area contributed by atoms with E-state index in [0.29, 0.717) is 5.41 Å². The molecule has 1 aromatic rings. The monoisotopic (exact) mass is 384 g/mol. The van der Waals surface area contributed by atoms with Gasteiger partial charge in [0, 0.05) is 20.0 Å². The molecule has 0 spiro atoms. The Morgan fingerprint density at radius 1 is 1.04 bits per heavy atom. The van der Waals surface area contributed by atoms with Crippen molar-refractivity contribution in [2.24, 2.45) is 11.3 Å². The Hall–Kier alpha value is -0.756. The summed E-state index contributed by atoms with van der Waals surface area (Å²) in [5.41, 5.74) is 8.27.